The maximum Gasteiger partial charge on any atom is 0.119 e. The monoisotopic (exact) mass is 296 g/mol. The van der Waals surface area contributed by atoms with Crippen LogP contribution in [0.3, 0.4) is 0 Å². The second-order valence-corrected chi connectivity index (χ2v) is 5.53. The molecule has 17 heavy (non-hydrogen) atoms. The number of rotatable bonds is 6. The summed E-state index contributed by atoms with van der Waals surface area (Å²) in [5.74, 6) is 1.06. The summed E-state index contributed by atoms with van der Waals surface area (Å²) in [5.41, 5.74) is 3.04. The lowest BCUT2D eigenvalue weighted by atomic mass is 9.92. The normalized spacial score (nSPS) is 14.4. The molecule has 1 aliphatic rings. The van der Waals surface area contributed by atoms with Crippen molar-refractivity contribution in [2.45, 2.75) is 44.9 Å². The van der Waals surface area contributed by atoms with Gasteiger partial charge in [0.1, 0.15) is 5.75 Å². The maximum absolute atomic E-state index is 5.80. The van der Waals surface area contributed by atoms with E-state index in [1.807, 2.05) is 0 Å². The molecule has 0 aliphatic heterocycles. The summed E-state index contributed by atoms with van der Waals surface area (Å²) >= 11 is 3.45. The van der Waals surface area contributed by atoms with Gasteiger partial charge in [0.05, 0.1) is 6.61 Å². The lowest BCUT2D eigenvalue weighted by molar-refractivity contribution is 0.306. The zero-order chi connectivity index (χ0) is 11.9. The Kier molecular flexibility index (Phi) is 5.37. The van der Waals surface area contributed by atoms with Gasteiger partial charge in [-0.2, -0.15) is 0 Å². The van der Waals surface area contributed by atoms with Crippen molar-refractivity contribution < 1.29 is 4.74 Å². The molecule has 1 aromatic carbocycles. The van der Waals surface area contributed by atoms with Gasteiger partial charge in [-0.1, -0.05) is 22.0 Å². The van der Waals surface area contributed by atoms with Crippen LogP contribution >= 0.6 is 15.9 Å². The van der Waals surface area contributed by atoms with E-state index in [-0.39, 0.29) is 0 Å². The Morgan fingerprint density at radius 3 is 2.65 bits per heavy atom. The van der Waals surface area contributed by atoms with E-state index in [0.717, 1.165) is 24.1 Å². The molecule has 94 valence electrons. The Hall–Kier alpha value is -0.500. The lowest BCUT2D eigenvalue weighted by Gasteiger charge is -2.16. The predicted molar refractivity (Wildman–Crippen MR) is 76.2 cm³/mol. The summed E-state index contributed by atoms with van der Waals surface area (Å²) in [7, 11) is 0. The van der Waals surface area contributed by atoms with Crippen LogP contribution in [0.5, 0.6) is 5.75 Å². The molecule has 0 aromatic heterocycles. The number of alkyl halides is 1. The molecule has 2 rings (SSSR count). The fourth-order valence-corrected chi connectivity index (χ4v) is 2.76. The Balaban J connectivity index is 1.81. The molecule has 0 amide bonds. The van der Waals surface area contributed by atoms with Gasteiger partial charge in [0, 0.05) is 5.33 Å². The second-order valence-electron chi connectivity index (χ2n) is 4.74. The Bertz CT molecular complexity index is 349. The highest BCUT2D eigenvalue weighted by molar-refractivity contribution is 9.09. The van der Waals surface area contributed by atoms with Crippen LogP contribution in [0.15, 0.2) is 18.2 Å². The third-order valence-electron chi connectivity index (χ3n) is 3.37. The predicted octanol–water partition coefficient (Wildman–Crippen LogP) is 4.51. The summed E-state index contributed by atoms with van der Waals surface area (Å²) in [6.07, 6.45) is 8.81. The Labute approximate surface area is 113 Å². The minimum atomic E-state index is 0.853. The first-order valence-electron chi connectivity index (χ1n) is 6.71. The summed E-state index contributed by atoms with van der Waals surface area (Å²) < 4.78 is 5.80. The number of fused-ring (bicyclic) bond motifs is 1. The van der Waals surface area contributed by atoms with Crippen LogP contribution in [0.1, 0.15) is 43.2 Å². The van der Waals surface area contributed by atoms with Gasteiger partial charge in [-0.05, 0) is 68.2 Å². The van der Waals surface area contributed by atoms with Gasteiger partial charge in [-0.3, -0.25) is 0 Å². The minimum Gasteiger partial charge on any atom is -0.494 e. The lowest BCUT2D eigenvalue weighted by Crippen LogP contribution is -2.04. The fourth-order valence-electron chi connectivity index (χ4n) is 2.36. The van der Waals surface area contributed by atoms with Crippen molar-refractivity contribution >= 4 is 15.9 Å². The van der Waals surface area contributed by atoms with Crippen LogP contribution in [0.25, 0.3) is 0 Å². The molecule has 2 heteroatoms. The van der Waals surface area contributed by atoms with Crippen molar-refractivity contribution in [2.75, 3.05) is 11.9 Å². The van der Waals surface area contributed by atoms with Gasteiger partial charge < -0.3 is 4.74 Å². The SMILES string of the molecule is BrCCCCCOc1ccc2c(c1)CCCC2. The molecule has 0 radical (unpaired) electrons. The number of aryl methyl sites for hydroxylation is 2. The summed E-state index contributed by atoms with van der Waals surface area (Å²) in [6.45, 7) is 0.853. The first-order chi connectivity index (χ1) is 8.40. The third kappa shape index (κ3) is 4.02. The van der Waals surface area contributed by atoms with Crippen LogP contribution < -0.4 is 4.74 Å². The molecular weight excluding hydrogens is 276 g/mol. The fraction of sp³-hybridized carbons (Fsp3) is 0.600. The third-order valence-corrected chi connectivity index (χ3v) is 3.93. The van der Waals surface area contributed by atoms with Gasteiger partial charge in [0.25, 0.3) is 0 Å². The van der Waals surface area contributed by atoms with E-state index in [0.29, 0.717) is 0 Å². The average molecular weight is 297 g/mol. The molecule has 0 unspecified atom stereocenters. The second kappa shape index (κ2) is 7.05. The zero-order valence-electron chi connectivity index (χ0n) is 10.4. The maximum atomic E-state index is 5.80. The highest BCUT2D eigenvalue weighted by atomic mass is 79.9. The number of halogens is 1. The Morgan fingerprint density at radius 1 is 1.00 bits per heavy atom. The van der Waals surface area contributed by atoms with E-state index >= 15 is 0 Å². The number of ether oxygens (including phenoxy) is 1. The smallest absolute Gasteiger partial charge is 0.119 e. The van der Waals surface area contributed by atoms with Gasteiger partial charge in [-0.15, -0.1) is 0 Å². The van der Waals surface area contributed by atoms with E-state index in [4.69, 9.17) is 4.74 Å². The van der Waals surface area contributed by atoms with Crippen molar-refractivity contribution in [3.05, 3.63) is 29.3 Å². The van der Waals surface area contributed by atoms with E-state index in [1.165, 1.54) is 49.7 Å². The molecule has 0 saturated carbocycles. The van der Waals surface area contributed by atoms with E-state index in [2.05, 4.69) is 34.1 Å². The molecule has 1 aliphatic carbocycles. The molecule has 0 N–H and O–H groups in total. The van der Waals surface area contributed by atoms with E-state index in [1.54, 1.807) is 0 Å². The molecule has 0 heterocycles. The minimum absolute atomic E-state index is 0.853. The molecule has 0 atom stereocenters. The van der Waals surface area contributed by atoms with Crippen LogP contribution in [-0.2, 0) is 12.8 Å². The van der Waals surface area contributed by atoms with E-state index in [9.17, 15) is 0 Å². The highest BCUT2D eigenvalue weighted by Gasteiger charge is 2.09. The highest BCUT2D eigenvalue weighted by Crippen LogP contribution is 2.25. The topological polar surface area (TPSA) is 9.23 Å². The quantitative estimate of drug-likeness (QED) is 0.554. The van der Waals surface area contributed by atoms with Gasteiger partial charge in [0.2, 0.25) is 0 Å². The van der Waals surface area contributed by atoms with Gasteiger partial charge in [0.15, 0.2) is 0 Å². The first-order valence-corrected chi connectivity index (χ1v) is 7.83. The first kappa shape index (κ1) is 12.9. The molecule has 0 saturated heterocycles. The average Bonchev–Trinajstić information content (AvgIpc) is 2.38. The van der Waals surface area contributed by atoms with Crippen molar-refractivity contribution in [3.63, 3.8) is 0 Å². The standard InChI is InChI=1S/C15H21BrO/c16-10-4-1-5-11-17-15-9-8-13-6-2-3-7-14(13)12-15/h8-9,12H,1-7,10-11H2. The molecule has 1 nitrogen and oxygen atoms in total. The number of hydrogen-bond donors (Lipinski definition) is 0. The molecule has 1 aromatic rings. The zero-order valence-corrected chi connectivity index (χ0v) is 12.0. The largest absolute Gasteiger partial charge is 0.494 e. The number of benzene rings is 1. The van der Waals surface area contributed by atoms with Crippen molar-refractivity contribution in [1.82, 2.24) is 0 Å². The molecular formula is C15H21BrO. The number of unbranched alkanes of at least 4 members (excludes halogenated alkanes) is 2. The number of hydrogen-bond acceptors (Lipinski definition) is 1. The Morgan fingerprint density at radius 2 is 1.82 bits per heavy atom. The molecule has 0 fully saturated rings. The van der Waals surface area contributed by atoms with Crippen molar-refractivity contribution in [1.29, 1.82) is 0 Å². The van der Waals surface area contributed by atoms with Gasteiger partial charge >= 0.3 is 0 Å². The summed E-state index contributed by atoms with van der Waals surface area (Å²) in [4.78, 5) is 0. The molecule has 0 spiro atoms. The van der Waals surface area contributed by atoms with Crippen LogP contribution in [0.4, 0.5) is 0 Å². The van der Waals surface area contributed by atoms with Crippen LogP contribution in [-0.4, -0.2) is 11.9 Å². The van der Waals surface area contributed by atoms with E-state index < -0.39 is 0 Å². The van der Waals surface area contributed by atoms with Crippen molar-refractivity contribution in [3.8, 4) is 5.75 Å². The van der Waals surface area contributed by atoms with Gasteiger partial charge in [-0.25, -0.2) is 0 Å². The van der Waals surface area contributed by atoms with Crippen LogP contribution in [0, 0.1) is 0 Å². The summed E-state index contributed by atoms with van der Waals surface area (Å²) in [6, 6.07) is 6.63. The summed E-state index contributed by atoms with van der Waals surface area (Å²) in [5, 5.41) is 1.10. The van der Waals surface area contributed by atoms with Crippen LogP contribution in [0.2, 0.25) is 0 Å². The van der Waals surface area contributed by atoms with Crippen molar-refractivity contribution in [2.24, 2.45) is 0 Å². The molecule has 0 bridgehead atoms.